The van der Waals surface area contributed by atoms with Gasteiger partial charge in [0.2, 0.25) is 0 Å². The van der Waals surface area contributed by atoms with E-state index in [0.717, 1.165) is 18.4 Å². The zero-order valence-corrected chi connectivity index (χ0v) is 7.68. The van der Waals surface area contributed by atoms with E-state index in [1.807, 2.05) is 12.1 Å². The van der Waals surface area contributed by atoms with Crippen LogP contribution in [0.15, 0.2) is 29.4 Å². The van der Waals surface area contributed by atoms with Gasteiger partial charge in [0.25, 0.3) is 0 Å². The molecular weight excluding hydrogens is 176 g/mol. The van der Waals surface area contributed by atoms with Crippen molar-refractivity contribution in [2.45, 2.75) is 18.9 Å². The van der Waals surface area contributed by atoms with E-state index in [1.165, 1.54) is 0 Å². The summed E-state index contributed by atoms with van der Waals surface area (Å²) in [7, 11) is 0. The predicted molar refractivity (Wildman–Crippen MR) is 52.9 cm³/mol. The van der Waals surface area contributed by atoms with Gasteiger partial charge in [-0.3, -0.25) is 0 Å². The van der Waals surface area contributed by atoms with Crippen molar-refractivity contribution in [3.8, 4) is 6.07 Å². The molecule has 0 spiro atoms. The van der Waals surface area contributed by atoms with Crippen molar-refractivity contribution in [3.05, 3.63) is 35.4 Å². The molecule has 0 heterocycles. The molecule has 14 heavy (non-hydrogen) atoms. The van der Waals surface area contributed by atoms with E-state index in [4.69, 9.17) is 10.1 Å². The Kier molecular flexibility index (Phi) is 2.46. The topological polar surface area (TPSA) is 45.4 Å². The molecule has 0 radical (unpaired) electrons. The van der Waals surface area contributed by atoms with E-state index in [0.29, 0.717) is 11.7 Å². The van der Waals surface area contributed by atoms with Crippen LogP contribution in [0.2, 0.25) is 0 Å². The highest BCUT2D eigenvalue weighted by Gasteiger charge is 2.23. The van der Waals surface area contributed by atoms with Crippen LogP contribution < -0.4 is 0 Å². The Labute approximate surface area is 82.6 Å². The lowest BCUT2D eigenvalue weighted by molar-refractivity contribution is 0.131. The summed E-state index contributed by atoms with van der Waals surface area (Å²) in [6.45, 7) is 0. The van der Waals surface area contributed by atoms with E-state index in [-0.39, 0.29) is 0 Å². The first-order chi connectivity index (χ1) is 6.88. The fourth-order valence-electron chi connectivity index (χ4n) is 1.04. The molecule has 1 aromatic rings. The van der Waals surface area contributed by atoms with Gasteiger partial charge in [-0.25, -0.2) is 0 Å². The van der Waals surface area contributed by atoms with Crippen LogP contribution in [0.3, 0.4) is 0 Å². The minimum Gasteiger partial charge on any atom is -0.392 e. The number of hydrogen-bond acceptors (Lipinski definition) is 3. The highest BCUT2D eigenvalue weighted by molar-refractivity contribution is 5.79. The van der Waals surface area contributed by atoms with Gasteiger partial charge in [0, 0.05) is 0 Å². The molecule has 70 valence electrons. The largest absolute Gasteiger partial charge is 0.392 e. The second kappa shape index (κ2) is 3.93. The summed E-state index contributed by atoms with van der Waals surface area (Å²) in [4.78, 5) is 5.12. The minimum atomic E-state index is 0.324. The molecule has 3 heteroatoms. The zero-order chi connectivity index (χ0) is 9.80. The van der Waals surface area contributed by atoms with Crippen molar-refractivity contribution < 1.29 is 4.84 Å². The van der Waals surface area contributed by atoms with Crippen LogP contribution in [0.1, 0.15) is 24.0 Å². The van der Waals surface area contributed by atoms with Gasteiger partial charge in [0.05, 0.1) is 17.8 Å². The van der Waals surface area contributed by atoms with Crippen molar-refractivity contribution in [2.75, 3.05) is 0 Å². The maximum atomic E-state index is 8.66. The van der Waals surface area contributed by atoms with E-state index in [1.54, 1.807) is 18.3 Å². The molecule has 0 amide bonds. The number of nitriles is 1. The lowest BCUT2D eigenvalue weighted by Crippen LogP contribution is -1.87. The lowest BCUT2D eigenvalue weighted by Gasteiger charge is -1.94. The summed E-state index contributed by atoms with van der Waals surface area (Å²) in [5.74, 6) is 0. The van der Waals surface area contributed by atoms with Gasteiger partial charge in [-0.05, 0) is 30.5 Å². The summed E-state index contributed by atoms with van der Waals surface area (Å²) in [6.07, 6.45) is 4.18. The van der Waals surface area contributed by atoms with Gasteiger partial charge in [-0.1, -0.05) is 17.3 Å². The summed E-state index contributed by atoms with van der Waals surface area (Å²) in [6, 6.07) is 9.34. The van der Waals surface area contributed by atoms with Crippen LogP contribution in [0.4, 0.5) is 0 Å². The van der Waals surface area contributed by atoms with E-state index in [2.05, 4.69) is 11.2 Å². The number of rotatable bonds is 3. The first-order valence-corrected chi connectivity index (χ1v) is 4.58. The van der Waals surface area contributed by atoms with Crippen molar-refractivity contribution in [2.24, 2.45) is 5.16 Å². The van der Waals surface area contributed by atoms with Crippen LogP contribution in [0, 0.1) is 11.3 Å². The second-order valence-corrected chi connectivity index (χ2v) is 3.28. The van der Waals surface area contributed by atoms with Gasteiger partial charge in [-0.15, -0.1) is 0 Å². The number of nitrogens with zero attached hydrogens (tertiary/aromatic N) is 2. The predicted octanol–water partition coefficient (Wildman–Crippen LogP) is 2.07. The Balaban J connectivity index is 2.00. The molecule has 0 unspecified atom stereocenters. The van der Waals surface area contributed by atoms with Gasteiger partial charge >= 0.3 is 0 Å². The van der Waals surface area contributed by atoms with Crippen molar-refractivity contribution in [1.82, 2.24) is 0 Å². The molecule has 0 bridgehead atoms. The Hall–Kier alpha value is -1.82. The molecule has 1 aliphatic carbocycles. The molecule has 1 aromatic carbocycles. The third-order valence-corrected chi connectivity index (χ3v) is 1.95. The number of benzene rings is 1. The summed E-state index contributed by atoms with van der Waals surface area (Å²) in [5, 5.41) is 12.5. The van der Waals surface area contributed by atoms with E-state index in [9.17, 15) is 0 Å². The maximum absolute atomic E-state index is 8.66. The molecule has 1 saturated carbocycles. The molecule has 0 N–H and O–H groups in total. The Morgan fingerprint density at radius 3 is 3.07 bits per heavy atom. The normalized spacial score (nSPS) is 15.4. The van der Waals surface area contributed by atoms with Gasteiger partial charge in [0.1, 0.15) is 6.10 Å². The summed E-state index contributed by atoms with van der Waals surface area (Å²) < 4.78 is 0. The van der Waals surface area contributed by atoms with Crippen LogP contribution >= 0.6 is 0 Å². The molecular formula is C11H10N2O. The SMILES string of the molecule is N#Cc1cccc(C=NOC2CC2)c1. The molecule has 0 atom stereocenters. The third kappa shape index (κ3) is 2.33. The Morgan fingerprint density at radius 2 is 2.36 bits per heavy atom. The van der Waals surface area contributed by atoms with Crippen molar-refractivity contribution >= 4 is 6.21 Å². The summed E-state index contributed by atoms with van der Waals surface area (Å²) >= 11 is 0. The average molecular weight is 186 g/mol. The fourth-order valence-corrected chi connectivity index (χ4v) is 1.04. The molecule has 1 fully saturated rings. The van der Waals surface area contributed by atoms with Gasteiger partial charge in [0.15, 0.2) is 0 Å². The first kappa shape index (κ1) is 8.76. The van der Waals surface area contributed by atoms with Crippen molar-refractivity contribution in [1.29, 1.82) is 5.26 Å². The molecule has 1 aliphatic rings. The smallest absolute Gasteiger partial charge is 0.127 e. The van der Waals surface area contributed by atoms with Crippen LogP contribution in [-0.2, 0) is 4.84 Å². The second-order valence-electron chi connectivity index (χ2n) is 3.28. The highest BCUT2D eigenvalue weighted by Crippen LogP contribution is 2.23. The average Bonchev–Trinajstić information content (AvgIpc) is 3.02. The maximum Gasteiger partial charge on any atom is 0.127 e. The molecule has 3 nitrogen and oxygen atoms in total. The quantitative estimate of drug-likeness (QED) is 0.535. The molecule has 0 aliphatic heterocycles. The standard InChI is InChI=1S/C11H10N2O/c12-7-9-2-1-3-10(6-9)8-13-14-11-4-5-11/h1-3,6,8,11H,4-5H2. The van der Waals surface area contributed by atoms with Crippen LogP contribution in [0.25, 0.3) is 0 Å². The monoisotopic (exact) mass is 186 g/mol. The van der Waals surface area contributed by atoms with Crippen molar-refractivity contribution in [3.63, 3.8) is 0 Å². The van der Waals surface area contributed by atoms with Crippen LogP contribution in [0.5, 0.6) is 0 Å². The van der Waals surface area contributed by atoms with Crippen LogP contribution in [-0.4, -0.2) is 12.3 Å². The Morgan fingerprint density at radius 1 is 1.50 bits per heavy atom. The highest BCUT2D eigenvalue weighted by atomic mass is 16.6. The Bertz CT molecular complexity index is 389. The molecule has 0 saturated heterocycles. The number of hydrogen-bond donors (Lipinski definition) is 0. The molecule has 0 aromatic heterocycles. The third-order valence-electron chi connectivity index (χ3n) is 1.95. The molecule has 2 rings (SSSR count). The number of oxime groups is 1. The van der Waals surface area contributed by atoms with E-state index >= 15 is 0 Å². The zero-order valence-electron chi connectivity index (χ0n) is 7.68. The van der Waals surface area contributed by atoms with Gasteiger partial charge in [-0.2, -0.15) is 5.26 Å². The van der Waals surface area contributed by atoms with E-state index < -0.39 is 0 Å². The first-order valence-electron chi connectivity index (χ1n) is 4.58. The summed E-state index contributed by atoms with van der Waals surface area (Å²) in [5.41, 5.74) is 1.53. The lowest BCUT2D eigenvalue weighted by atomic mass is 10.1. The van der Waals surface area contributed by atoms with Gasteiger partial charge < -0.3 is 4.84 Å². The minimum absolute atomic E-state index is 0.324. The fraction of sp³-hybridized carbons (Fsp3) is 0.273.